The molecule has 0 bridgehead atoms. The molecule has 2 N–H and O–H groups in total. The first-order valence-electron chi connectivity index (χ1n) is 6.03. The van der Waals surface area contributed by atoms with Crippen molar-refractivity contribution in [3.63, 3.8) is 0 Å². The Hall–Kier alpha value is -0.710. The molecule has 0 amide bonds. The highest BCUT2D eigenvalue weighted by Gasteiger charge is 2.12. The summed E-state index contributed by atoms with van der Waals surface area (Å²) in [5, 5.41) is 3.26. The highest BCUT2D eigenvalue weighted by Crippen LogP contribution is 2.21. The van der Waals surface area contributed by atoms with Crippen LogP contribution in [0.15, 0.2) is 34.1 Å². The van der Waals surface area contributed by atoms with Crippen molar-refractivity contribution in [3.05, 3.63) is 50.4 Å². The number of aryl methyl sites for hydroxylation is 1. The first kappa shape index (κ1) is 13.7. The van der Waals surface area contributed by atoms with Gasteiger partial charge in [-0.25, -0.2) is 4.98 Å². The highest BCUT2D eigenvalue weighted by molar-refractivity contribution is 9.10. The minimum atomic E-state index is 0.449. The van der Waals surface area contributed by atoms with Gasteiger partial charge in [-0.3, -0.25) is 0 Å². The van der Waals surface area contributed by atoms with Crippen LogP contribution >= 0.6 is 27.3 Å². The average Bonchev–Trinajstić information content (AvgIpc) is 2.76. The summed E-state index contributed by atoms with van der Waals surface area (Å²) in [5.41, 5.74) is 8.37. The Morgan fingerprint density at radius 3 is 2.72 bits per heavy atom. The molecule has 1 aromatic carbocycles. The van der Waals surface area contributed by atoms with Crippen molar-refractivity contribution in [1.29, 1.82) is 0 Å². The van der Waals surface area contributed by atoms with Crippen LogP contribution in [0.3, 0.4) is 0 Å². The van der Waals surface area contributed by atoms with E-state index in [-0.39, 0.29) is 0 Å². The molecule has 0 saturated heterocycles. The Kier molecular flexibility index (Phi) is 4.92. The molecule has 1 aromatic heterocycles. The van der Waals surface area contributed by atoms with Crippen LogP contribution in [0.2, 0.25) is 0 Å². The fourth-order valence-electron chi connectivity index (χ4n) is 2.01. The Labute approximate surface area is 120 Å². The van der Waals surface area contributed by atoms with Gasteiger partial charge in [-0.05, 0) is 43.9 Å². The smallest absolute Gasteiger partial charge is 0.0897 e. The summed E-state index contributed by atoms with van der Waals surface area (Å²) in [4.78, 5) is 4.51. The van der Waals surface area contributed by atoms with E-state index in [1.807, 2.05) is 13.0 Å². The van der Waals surface area contributed by atoms with Crippen LogP contribution in [0, 0.1) is 12.8 Å². The Bertz CT molecular complexity index is 510. The summed E-state index contributed by atoms with van der Waals surface area (Å²) in [6.45, 7) is 2.73. The zero-order valence-electron chi connectivity index (χ0n) is 10.4. The lowest BCUT2D eigenvalue weighted by atomic mass is 9.95. The van der Waals surface area contributed by atoms with Gasteiger partial charge in [-0.1, -0.05) is 34.1 Å². The summed E-state index contributed by atoms with van der Waals surface area (Å²) in [6.07, 6.45) is 1.96. The molecule has 0 spiro atoms. The van der Waals surface area contributed by atoms with Gasteiger partial charge in [-0.2, -0.15) is 0 Å². The van der Waals surface area contributed by atoms with E-state index in [1.165, 1.54) is 11.3 Å². The maximum absolute atomic E-state index is 5.89. The molecule has 2 rings (SSSR count). The van der Waals surface area contributed by atoms with Crippen molar-refractivity contribution in [2.45, 2.75) is 19.8 Å². The molecular formula is C14H17BrN2S. The van der Waals surface area contributed by atoms with Crippen LogP contribution in [0.25, 0.3) is 0 Å². The largest absolute Gasteiger partial charge is 0.330 e. The van der Waals surface area contributed by atoms with Gasteiger partial charge < -0.3 is 5.73 Å². The molecule has 2 nitrogen and oxygen atoms in total. The number of hydrogen-bond donors (Lipinski definition) is 1. The number of thiazole rings is 1. The van der Waals surface area contributed by atoms with Crippen molar-refractivity contribution < 1.29 is 0 Å². The van der Waals surface area contributed by atoms with Gasteiger partial charge in [0.2, 0.25) is 0 Å². The van der Waals surface area contributed by atoms with Crippen LogP contribution in [0.4, 0.5) is 0 Å². The quantitative estimate of drug-likeness (QED) is 0.913. The number of benzene rings is 1. The molecule has 0 aliphatic rings. The molecule has 0 saturated carbocycles. The minimum absolute atomic E-state index is 0.449. The van der Waals surface area contributed by atoms with E-state index < -0.39 is 0 Å². The summed E-state index contributed by atoms with van der Waals surface area (Å²) in [7, 11) is 0. The fraction of sp³-hybridized carbons (Fsp3) is 0.357. The molecule has 1 heterocycles. The zero-order valence-corrected chi connectivity index (χ0v) is 12.8. The topological polar surface area (TPSA) is 38.9 Å². The molecule has 1 atom stereocenters. The van der Waals surface area contributed by atoms with Crippen molar-refractivity contribution in [3.8, 4) is 0 Å². The molecule has 2 aromatic rings. The maximum atomic E-state index is 5.89. The average molecular weight is 325 g/mol. The first-order chi connectivity index (χ1) is 8.69. The summed E-state index contributed by atoms with van der Waals surface area (Å²) < 4.78 is 1.16. The fourth-order valence-corrected chi connectivity index (χ4v) is 3.08. The Balaban J connectivity index is 2.04. The van der Waals surface area contributed by atoms with Crippen molar-refractivity contribution in [1.82, 2.24) is 4.98 Å². The van der Waals surface area contributed by atoms with E-state index in [0.717, 1.165) is 22.3 Å². The van der Waals surface area contributed by atoms with Crippen LogP contribution < -0.4 is 5.73 Å². The molecule has 0 radical (unpaired) electrons. The van der Waals surface area contributed by atoms with Gasteiger partial charge in [0.15, 0.2) is 0 Å². The van der Waals surface area contributed by atoms with Crippen LogP contribution in [-0.4, -0.2) is 11.5 Å². The Morgan fingerprint density at radius 1 is 1.33 bits per heavy atom. The van der Waals surface area contributed by atoms with E-state index >= 15 is 0 Å². The molecular weight excluding hydrogens is 308 g/mol. The van der Waals surface area contributed by atoms with E-state index in [2.05, 4.69) is 44.5 Å². The van der Waals surface area contributed by atoms with Crippen molar-refractivity contribution in [2.24, 2.45) is 11.7 Å². The molecule has 0 aliphatic carbocycles. The maximum Gasteiger partial charge on any atom is 0.0897 e. The zero-order chi connectivity index (χ0) is 13.0. The number of hydrogen-bond acceptors (Lipinski definition) is 3. The third kappa shape index (κ3) is 3.64. The van der Waals surface area contributed by atoms with Crippen molar-refractivity contribution >= 4 is 27.3 Å². The molecule has 0 aliphatic heterocycles. The standard InChI is InChI=1S/C14H17BrN2S/c1-10-17-13(9-18-10)7-11(8-16)6-12-4-2-3-5-14(12)15/h2-5,9,11H,6-8,16H2,1H3. The van der Waals surface area contributed by atoms with E-state index in [9.17, 15) is 0 Å². The molecule has 18 heavy (non-hydrogen) atoms. The van der Waals surface area contributed by atoms with Gasteiger partial charge in [0.1, 0.15) is 0 Å². The van der Waals surface area contributed by atoms with Gasteiger partial charge in [0, 0.05) is 9.85 Å². The number of nitrogens with zero attached hydrogens (tertiary/aromatic N) is 1. The lowest BCUT2D eigenvalue weighted by Gasteiger charge is -2.14. The molecule has 4 heteroatoms. The minimum Gasteiger partial charge on any atom is -0.330 e. The number of nitrogens with two attached hydrogens (primary N) is 1. The van der Waals surface area contributed by atoms with Crippen LogP contribution in [0.1, 0.15) is 16.3 Å². The van der Waals surface area contributed by atoms with E-state index in [0.29, 0.717) is 12.5 Å². The highest BCUT2D eigenvalue weighted by atomic mass is 79.9. The van der Waals surface area contributed by atoms with Gasteiger partial charge in [0.25, 0.3) is 0 Å². The third-order valence-electron chi connectivity index (χ3n) is 2.96. The van der Waals surface area contributed by atoms with Crippen LogP contribution in [-0.2, 0) is 12.8 Å². The predicted molar refractivity (Wildman–Crippen MR) is 80.9 cm³/mol. The Morgan fingerprint density at radius 2 is 2.11 bits per heavy atom. The summed E-state index contributed by atoms with van der Waals surface area (Å²) in [6, 6.07) is 8.34. The predicted octanol–water partition coefficient (Wildman–Crippen LogP) is 3.57. The van der Waals surface area contributed by atoms with Crippen LogP contribution in [0.5, 0.6) is 0 Å². The van der Waals surface area contributed by atoms with E-state index in [1.54, 1.807) is 11.3 Å². The SMILES string of the molecule is Cc1nc(CC(CN)Cc2ccccc2Br)cs1. The lowest BCUT2D eigenvalue weighted by molar-refractivity contribution is 0.527. The third-order valence-corrected chi connectivity index (χ3v) is 4.56. The lowest BCUT2D eigenvalue weighted by Crippen LogP contribution is -2.19. The second-order valence-electron chi connectivity index (χ2n) is 4.46. The summed E-state index contributed by atoms with van der Waals surface area (Å²) >= 11 is 5.29. The monoisotopic (exact) mass is 324 g/mol. The van der Waals surface area contributed by atoms with Gasteiger partial charge in [0.05, 0.1) is 10.7 Å². The second-order valence-corrected chi connectivity index (χ2v) is 6.38. The number of aromatic nitrogens is 1. The second kappa shape index (κ2) is 6.45. The summed E-state index contributed by atoms with van der Waals surface area (Å²) in [5.74, 6) is 0.449. The van der Waals surface area contributed by atoms with Gasteiger partial charge in [-0.15, -0.1) is 11.3 Å². The molecule has 0 fully saturated rings. The van der Waals surface area contributed by atoms with E-state index in [4.69, 9.17) is 5.73 Å². The molecule has 1 unspecified atom stereocenters. The van der Waals surface area contributed by atoms with Crippen molar-refractivity contribution in [2.75, 3.05) is 6.54 Å². The number of rotatable bonds is 5. The number of halogens is 1. The van der Waals surface area contributed by atoms with Gasteiger partial charge >= 0.3 is 0 Å². The first-order valence-corrected chi connectivity index (χ1v) is 7.70. The molecule has 96 valence electrons. The normalized spacial score (nSPS) is 12.6.